The maximum absolute atomic E-state index is 11.8. The largest absolute Gasteiger partial charge is 0.340 e. The van der Waals surface area contributed by atoms with Gasteiger partial charge in [-0.2, -0.15) is 0 Å². The smallest absolute Gasteiger partial charge is 0.253 e. The van der Waals surface area contributed by atoms with Gasteiger partial charge in [-0.25, -0.2) is 0 Å². The molecule has 2 heterocycles. The predicted molar refractivity (Wildman–Crippen MR) is 60.7 cm³/mol. The fourth-order valence-corrected chi connectivity index (χ4v) is 1.66. The van der Waals surface area contributed by atoms with Crippen molar-refractivity contribution >= 4 is 17.7 Å². The molecular weight excluding hydrogens is 238 g/mol. The molecule has 0 aliphatic carbocycles. The molecule has 7 heteroatoms. The second kappa shape index (κ2) is 4.44. The zero-order valence-corrected chi connectivity index (χ0v) is 9.60. The highest BCUT2D eigenvalue weighted by Gasteiger charge is 2.36. The van der Waals surface area contributed by atoms with Crippen LogP contribution in [0.25, 0.3) is 0 Å². The number of pyridine rings is 1. The Morgan fingerprint density at radius 2 is 2.11 bits per heavy atom. The lowest BCUT2D eigenvalue weighted by Crippen LogP contribution is -2.40. The Kier molecular flexibility index (Phi) is 2.97. The van der Waals surface area contributed by atoms with Gasteiger partial charge in [-0.3, -0.25) is 24.1 Å². The molecule has 1 aromatic heterocycles. The average Bonchev–Trinajstić information content (AvgIpc) is 2.58. The van der Waals surface area contributed by atoms with E-state index in [2.05, 4.69) is 10.3 Å². The summed E-state index contributed by atoms with van der Waals surface area (Å²) >= 11 is 0. The fraction of sp³-hybridized carbons (Fsp3) is 0.273. The maximum Gasteiger partial charge on any atom is 0.253 e. The number of nitrogens with zero attached hydrogens (tertiary/aromatic N) is 1. The van der Waals surface area contributed by atoms with Crippen LogP contribution >= 0.6 is 0 Å². The normalized spacial score (nSPS) is 19.2. The molecule has 18 heavy (non-hydrogen) atoms. The minimum Gasteiger partial charge on any atom is -0.340 e. The van der Waals surface area contributed by atoms with Crippen LogP contribution in [0.2, 0.25) is 0 Å². The van der Waals surface area contributed by atoms with E-state index in [0.717, 1.165) is 4.90 Å². The van der Waals surface area contributed by atoms with Crippen LogP contribution in [-0.2, 0) is 9.59 Å². The summed E-state index contributed by atoms with van der Waals surface area (Å²) in [5.41, 5.74) is -0.0946. The highest BCUT2D eigenvalue weighted by atomic mass is 16.2. The third-order valence-corrected chi connectivity index (χ3v) is 2.73. The molecule has 1 fully saturated rings. The molecule has 1 aromatic rings. The van der Waals surface area contributed by atoms with Crippen LogP contribution in [0.3, 0.4) is 0 Å². The SMILES string of the molecule is CN1C(=O)CC(NC(=O)c2ccc(=O)[nH]c2)C1=O. The Bertz CT molecular complexity index is 557. The molecule has 0 bridgehead atoms. The summed E-state index contributed by atoms with van der Waals surface area (Å²) in [5.74, 6) is -1.27. The number of carbonyl (C=O) groups excluding carboxylic acids is 3. The molecule has 0 radical (unpaired) electrons. The third-order valence-electron chi connectivity index (χ3n) is 2.73. The fourth-order valence-electron chi connectivity index (χ4n) is 1.66. The topological polar surface area (TPSA) is 99.3 Å². The second-order valence-corrected chi connectivity index (χ2v) is 3.96. The zero-order valence-electron chi connectivity index (χ0n) is 9.60. The molecule has 2 N–H and O–H groups in total. The molecule has 7 nitrogen and oxygen atoms in total. The lowest BCUT2D eigenvalue weighted by Gasteiger charge is -2.10. The van der Waals surface area contributed by atoms with Gasteiger partial charge in [0.1, 0.15) is 6.04 Å². The Labute approximate surface area is 102 Å². The number of nitrogens with one attached hydrogen (secondary N) is 2. The van der Waals surface area contributed by atoms with Crippen molar-refractivity contribution in [3.63, 3.8) is 0 Å². The number of H-pyrrole nitrogens is 1. The molecule has 0 aromatic carbocycles. The van der Waals surface area contributed by atoms with Crippen molar-refractivity contribution in [2.45, 2.75) is 12.5 Å². The van der Waals surface area contributed by atoms with Crippen LogP contribution in [0.15, 0.2) is 23.1 Å². The molecule has 0 saturated carbocycles. The van der Waals surface area contributed by atoms with Gasteiger partial charge in [0, 0.05) is 19.3 Å². The van der Waals surface area contributed by atoms with Gasteiger partial charge in [-0.05, 0) is 6.07 Å². The van der Waals surface area contributed by atoms with Crippen LogP contribution in [-0.4, -0.2) is 40.7 Å². The Morgan fingerprint density at radius 1 is 1.39 bits per heavy atom. The van der Waals surface area contributed by atoms with E-state index in [0.29, 0.717) is 0 Å². The minimum absolute atomic E-state index is 0.0373. The van der Waals surface area contributed by atoms with Crippen molar-refractivity contribution in [1.29, 1.82) is 0 Å². The van der Waals surface area contributed by atoms with Crippen LogP contribution in [0.1, 0.15) is 16.8 Å². The van der Waals surface area contributed by atoms with Crippen molar-refractivity contribution in [2.24, 2.45) is 0 Å². The number of hydrogen-bond acceptors (Lipinski definition) is 4. The number of hydrogen-bond donors (Lipinski definition) is 2. The number of likely N-dealkylation sites (tertiary alicyclic amines) is 1. The Balaban J connectivity index is 2.09. The van der Waals surface area contributed by atoms with Gasteiger partial charge in [0.25, 0.3) is 11.8 Å². The number of aromatic amines is 1. The highest BCUT2D eigenvalue weighted by molar-refractivity contribution is 6.07. The first-order valence-corrected chi connectivity index (χ1v) is 5.29. The van der Waals surface area contributed by atoms with Crippen LogP contribution < -0.4 is 10.9 Å². The first-order valence-electron chi connectivity index (χ1n) is 5.29. The predicted octanol–water partition coefficient (Wildman–Crippen LogP) is -1.14. The van der Waals surface area contributed by atoms with Gasteiger partial charge in [0.2, 0.25) is 11.5 Å². The van der Waals surface area contributed by atoms with Gasteiger partial charge in [-0.1, -0.05) is 0 Å². The second-order valence-electron chi connectivity index (χ2n) is 3.96. The molecule has 1 saturated heterocycles. The van der Waals surface area contributed by atoms with Crippen molar-refractivity contribution in [3.05, 3.63) is 34.2 Å². The van der Waals surface area contributed by atoms with Crippen molar-refractivity contribution in [1.82, 2.24) is 15.2 Å². The Hall–Kier alpha value is -2.44. The quantitative estimate of drug-likeness (QED) is 0.647. The van der Waals surface area contributed by atoms with Gasteiger partial charge in [0.05, 0.1) is 12.0 Å². The van der Waals surface area contributed by atoms with Crippen molar-refractivity contribution < 1.29 is 14.4 Å². The first-order chi connectivity index (χ1) is 8.49. The summed E-state index contributed by atoms with van der Waals surface area (Å²) < 4.78 is 0. The Morgan fingerprint density at radius 3 is 2.61 bits per heavy atom. The van der Waals surface area contributed by atoms with Crippen LogP contribution in [0, 0.1) is 0 Å². The third kappa shape index (κ3) is 2.15. The molecule has 3 amide bonds. The molecular formula is C11H11N3O4. The van der Waals surface area contributed by atoms with Gasteiger partial charge in [0.15, 0.2) is 0 Å². The number of carbonyl (C=O) groups is 3. The molecule has 1 aliphatic rings. The van der Waals surface area contributed by atoms with Gasteiger partial charge in [-0.15, -0.1) is 0 Å². The number of imide groups is 1. The molecule has 1 atom stereocenters. The van der Waals surface area contributed by atoms with Crippen molar-refractivity contribution in [3.8, 4) is 0 Å². The number of aromatic nitrogens is 1. The summed E-state index contributed by atoms with van der Waals surface area (Å²) in [7, 11) is 1.37. The lowest BCUT2D eigenvalue weighted by molar-refractivity contribution is -0.137. The van der Waals surface area contributed by atoms with E-state index in [9.17, 15) is 19.2 Å². The standard InChI is InChI=1S/C11H11N3O4/c1-14-9(16)4-7(11(14)18)13-10(17)6-2-3-8(15)12-5-6/h2-3,5,7H,4H2,1H3,(H,12,15)(H,13,17). The van der Waals surface area contributed by atoms with E-state index < -0.39 is 17.9 Å². The number of likely N-dealkylation sites (N-methyl/N-ethyl adjacent to an activating group) is 1. The van der Waals surface area contributed by atoms with E-state index in [1.807, 2.05) is 0 Å². The lowest BCUT2D eigenvalue weighted by atomic mass is 10.2. The number of amides is 3. The number of rotatable bonds is 2. The van der Waals surface area contributed by atoms with E-state index >= 15 is 0 Å². The summed E-state index contributed by atoms with van der Waals surface area (Å²) in [5, 5.41) is 2.45. The minimum atomic E-state index is -0.832. The van der Waals surface area contributed by atoms with Crippen LogP contribution in [0.5, 0.6) is 0 Å². The maximum atomic E-state index is 11.8. The molecule has 1 unspecified atom stereocenters. The summed E-state index contributed by atoms with van der Waals surface area (Å²) in [4.78, 5) is 48.8. The summed E-state index contributed by atoms with van der Waals surface area (Å²) in [6.45, 7) is 0. The first kappa shape index (κ1) is 12.0. The van der Waals surface area contributed by atoms with E-state index in [1.54, 1.807) is 0 Å². The molecule has 0 spiro atoms. The van der Waals surface area contributed by atoms with Gasteiger partial charge >= 0.3 is 0 Å². The van der Waals surface area contributed by atoms with E-state index in [1.165, 1.54) is 25.4 Å². The monoisotopic (exact) mass is 249 g/mol. The molecule has 1 aliphatic heterocycles. The highest BCUT2D eigenvalue weighted by Crippen LogP contribution is 2.11. The summed E-state index contributed by atoms with van der Waals surface area (Å²) in [6.07, 6.45) is 1.22. The van der Waals surface area contributed by atoms with Gasteiger partial charge < -0.3 is 10.3 Å². The molecule has 2 rings (SSSR count). The van der Waals surface area contributed by atoms with E-state index in [-0.39, 0.29) is 23.5 Å². The van der Waals surface area contributed by atoms with Crippen LogP contribution in [0.4, 0.5) is 0 Å². The average molecular weight is 249 g/mol. The molecule has 94 valence electrons. The van der Waals surface area contributed by atoms with Crippen molar-refractivity contribution in [2.75, 3.05) is 7.05 Å². The van der Waals surface area contributed by atoms with E-state index in [4.69, 9.17) is 0 Å². The zero-order chi connectivity index (χ0) is 13.3. The summed E-state index contributed by atoms with van der Waals surface area (Å²) in [6, 6.07) is 1.73.